The molecule has 0 aromatic heterocycles. The van der Waals surface area contributed by atoms with Crippen LogP contribution >= 0.6 is 12.2 Å². The Kier molecular flexibility index (Phi) is 4.84. The number of thiocarbonyl (C=S) groups is 1. The Morgan fingerprint density at radius 2 is 1.94 bits per heavy atom. The van der Waals surface area contributed by atoms with Gasteiger partial charge in [0, 0.05) is 13.6 Å². The highest BCUT2D eigenvalue weighted by Gasteiger charge is 2.36. The first-order chi connectivity index (χ1) is 8.41. The van der Waals surface area contributed by atoms with Crippen LogP contribution in [0, 0.1) is 5.41 Å². The van der Waals surface area contributed by atoms with Crippen molar-refractivity contribution < 1.29 is 4.79 Å². The van der Waals surface area contributed by atoms with Crippen LogP contribution in [0.2, 0.25) is 0 Å². The number of nitrogens with two attached hydrogens (primary N) is 1. The molecule has 1 aromatic rings. The average Bonchev–Trinajstić information content (AvgIpc) is 2.37. The van der Waals surface area contributed by atoms with E-state index in [0.717, 1.165) is 5.56 Å². The topological polar surface area (TPSA) is 46.3 Å². The molecule has 4 heteroatoms. The number of amides is 1. The highest BCUT2D eigenvalue weighted by molar-refractivity contribution is 7.80. The number of rotatable bonds is 5. The second-order valence-electron chi connectivity index (χ2n) is 4.70. The maximum atomic E-state index is 12.4. The molecule has 1 atom stereocenters. The Hall–Kier alpha value is -1.42. The number of nitrogens with zero attached hydrogens (tertiary/aromatic N) is 1. The lowest BCUT2D eigenvalue weighted by atomic mass is 9.86. The highest BCUT2D eigenvalue weighted by Crippen LogP contribution is 2.25. The Morgan fingerprint density at radius 3 is 2.39 bits per heavy atom. The molecule has 0 bridgehead atoms. The minimum absolute atomic E-state index is 0.0265. The molecule has 1 amide bonds. The number of carbonyl (C=O) groups is 1. The third kappa shape index (κ3) is 3.07. The van der Waals surface area contributed by atoms with Crippen molar-refractivity contribution >= 4 is 23.1 Å². The zero-order valence-corrected chi connectivity index (χ0v) is 12.0. The Balaban J connectivity index is 2.81. The zero-order chi connectivity index (χ0) is 13.8. The van der Waals surface area contributed by atoms with Crippen molar-refractivity contribution in [1.82, 2.24) is 4.90 Å². The molecular weight excluding hydrogens is 244 g/mol. The molecule has 98 valence electrons. The molecule has 0 aliphatic heterocycles. The molecule has 1 rings (SSSR count). The van der Waals surface area contributed by atoms with Gasteiger partial charge in [0.2, 0.25) is 5.91 Å². The second kappa shape index (κ2) is 5.96. The monoisotopic (exact) mass is 264 g/mol. The summed E-state index contributed by atoms with van der Waals surface area (Å²) in [7, 11) is 1.78. The maximum Gasteiger partial charge on any atom is 0.235 e. The molecule has 1 aromatic carbocycles. The first-order valence-corrected chi connectivity index (χ1v) is 6.42. The molecule has 0 radical (unpaired) electrons. The first kappa shape index (κ1) is 14.6. The van der Waals surface area contributed by atoms with Crippen LogP contribution in [0.1, 0.15) is 25.8 Å². The molecule has 2 N–H and O–H groups in total. The average molecular weight is 264 g/mol. The SMILES string of the molecule is CCC(C)(C(=O)N(C)Cc1ccccc1)C(N)=S. The van der Waals surface area contributed by atoms with E-state index in [2.05, 4.69) is 0 Å². The molecule has 0 heterocycles. The highest BCUT2D eigenvalue weighted by atomic mass is 32.1. The summed E-state index contributed by atoms with van der Waals surface area (Å²) < 4.78 is 0. The van der Waals surface area contributed by atoms with Gasteiger partial charge in [0.05, 0.1) is 10.4 Å². The van der Waals surface area contributed by atoms with Crippen molar-refractivity contribution in [3.8, 4) is 0 Å². The summed E-state index contributed by atoms with van der Waals surface area (Å²) >= 11 is 5.02. The van der Waals surface area contributed by atoms with Gasteiger partial charge in [0.25, 0.3) is 0 Å². The van der Waals surface area contributed by atoms with Gasteiger partial charge in [-0.3, -0.25) is 4.79 Å². The zero-order valence-electron chi connectivity index (χ0n) is 11.1. The van der Waals surface area contributed by atoms with Crippen LogP contribution in [0.5, 0.6) is 0 Å². The van der Waals surface area contributed by atoms with Crippen molar-refractivity contribution in [3.05, 3.63) is 35.9 Å². The van der Waals surface area contributed by atoms with Gasteiger partial charge < -0.3 is 10.6 Å². The summed E-state index contributed by atoms with van der Waals surface area (Å²) in [5.74, 6) is -0.0265. The molecule has 0 spiro atoms. The lowest BCUT2D eigenvalue weighted by Crippen LogP contribution is -2.47. The predicted octanol–water partition coefficient (Wildman–Crippen LogP) is 2.35. The van der Waals surface area contributed by atoms with Crippen molar-refractivity contribution in [2.24, 2.45) is 11.1 Å². The van der Waals surface area contributed by atoms with Crippen molar-refractivity contribution in [2.75, 3.05) is 7.05 Å². The number of carbonyl (C=O) groups excluding carboxylic acids is 1. The van der Waals surface area contributed by atoms with Crippen LogP contribution < -0.4 is 5.73 Å². The smallest absolute Gasteiger partial charge is 0.235 e. The fraction of sp³-hybridized carbons (Fsp3) is 0.429. The van der Waals surface area contributed by atoms with Crippen LogP contribution in [-0.4, -0.2) is 22.8 Å². The van der Waals surface area contributed by atoms with E-state index in [1.807, 2.05) is 37.3 Å². The van der Waals surface area contributed by atoms with E-state index in [1.165, 1.54) is 0 Å². The van der Waals surface area contributed by atoms with E-state index in [-0.39, 0.29) is 10.9 Å². The van der Waals surface area contributed by atoms with E-state index in [9.17, 15) is 4.79 Å². The summed E-state index contributed by atoms with van der Waals surface area (Å²) in [6, 6.07) is 9.86. The van der Waals surface area contributed by atoms with Gasteiger partial charge in [0.1, 0.15) is 0 Å². The van der Waals surface area contributed by atoms with Gasteiger partial charge in [-0.05, 0) is 18.9 Å². The standard InChI is InChI=1S/C14H20N2OS/c1-4-14(2,12(15)18)13(17)16(3)10-11-8-6-5-7-9-11/h5-9H,4,10H2,1-3H3,(H2,15,18). The van der Waals surface area contributed by atoms with Crippen LogP contribution in [0.3, 0.4) is 0 Å². The molecule has 0 aliphatic carbocycles. The van der Waals surface area contributed by atoms with Gasteiger partial charge in [0.15, 0.2) is 0 Å². The molecule has 18 heavy (non-hydrogen) atoms. The van der Waals surface area contributed by atoms with Gasteiger partial charge in [-0.1, -0.05) is 49.5 Å². The summed E-state index contributed by atoms with van der Waals surface area (Å²) in [5.41, 5.74) is 6.04. The molecule has 0 fully saturated rings. The molecule has 0 saturated carbocycles. The van der Waals surface area contributed by atoms with E-state index < -0.39 is 5.41 Å². The first-order valence-electron chi connectivity index (χ1n) is 6.01. The largest absolute Gasteiger partial charge is 0.392 e. The van der Waals surface area contributed by atoms with E-state index >= 15 is 0 Å². The number of hydrogen-bond acceptors (Lipinski definition) is 2. The van der Waals surface area contributed by atoms with Crippen molar-refractivity contribution in [3.63, 3.8) is 0 Å². The molecule has 3 nitrogen and oxygen atoms in total. The Labute approximate surface area is 114 Å². The minimum Gasteiger partial charge on any atom is -0.392 e. The van der Waals surface area contributed by atoms with Crippen molar-refractivity contribution in [1.29, 1.82) is 0 Å². The third-order valence-electron chi connectivity index (χ3n) is 3.33. The van der Waals surface area contributed by atoms with Gasteiger partial charge >= 0.3 is 0 Å². The van der Waals surface area contributed by atoms with Gasteiger partial charge in [-0.25, -0.2) is 0 Å². The van der Waals surface area contributed by atoms with Crippen LogP contribution in [0.4, 0.5) is 0 Å². The lowest BCUT2D eigenvalue weighted by molar-refractivity contribution is -0.136. The second-order valence-corrected chi connectivity index (χ2v) is 5.14. The minimum atomic E-state index is -0.751. The predicted molar refractivity (Wildman–Crippen MR) is 78.1 cm³/mol. The fourth-order valence-electron chi connectivity index (χ4n) is 1.78. The summed E-state index contributed by atoms with van der Waals surface area (Å²) in [5, 5.41) is 0. The Morgan fingerprint density at radius 1 is 1.39 bits per heavy atom. The lowest BCUT2D eigenvalue weighted by Gasteiger charge is -2.30. The van der Waals surface area contributed by atoms with E-state index in [1.54, 1.807) is 18.9 Å². The van der Waals surface area contributed by atoms with Crippen LogP contribution in [0.15, 0.2) is 30.3 Å². The third-order valence-corrected chi connectivity index (χ3v) is 3.78. The summed E-state index contributed by atoms with van der Waals surface area (Å²) in [6.45, 7) is 4.30. The molecular formula is C14H20N2OS. The Bertz CT molecular complexity index is 433. The summed E-state index contributed by atoms with van der Waals surface area (Å²) in [4.78, 5) is 14.3. The van der Waals surface area contributed by atoms with Gasteiger partial charge in [-0.2, -0.15) is 0 Å². The molecule has 0 saturated heterocycles. The fourth-order valence-corrected chi connectivity index (χ4v) is 2.01. The van der Waals surface area contributed by atoms with E-state index in [4.69, 9.17) is 18.0 Å². The normalized spacial score (nSPS) is 13.7. The van der Waals surface area contributed by atoms with Crippen molar-refractivity contribution in [2.45, 2.75) is 26.8 Å². The molecule has 1 unspecified atom stereocenters. The molecule has 0 aliphatic rings. The van der Waals surface area contributed by atoms with Gasteiger partial charge in [-0.15, -0.1) is 0 Å². The van der Waals surface area contributed by atoms with E-state index in [0.29, 0.717) is 13.0 Å². The maximum absolute atomic E-state index is 12.4. The van der Waals surface area contributed by atoms with Crippen LogP contribution in [-0.2, 0) is 11.3 Å². The number of hydrogen-bond donors (Lipinski definition) is 1. The quantitative estimate of drug-likeness (QED) is 0.830. The van der Waals surface area contributed by atoms with Crippen LogP contribution in [0.25, 0.3) is 0 Å². The summed E-state index contributed by atoms with van der Waals surface area (Å²) in [6.07, 6.45) is 0.611. The number of benzene rings is 1.